The second-order valence-electron chi connectivity index (χ2n) is 8.16. The van der Waals surface area contributed by atoms with Crippen LogP contribution in [0.25, 0.3) is 0 Å². The van der Waals surface area contributed by atoms with Crippen molar-refractivity contribution in [3.63, 3.8) is 0 Å². The molecule has 4 rings (SSSR count). The Bertz CT molecular complexity index is 847. The van der Waals surface area contributed by atoms with Crippen molar-refractivity contribution < 1.29 is 23.9 Å². The molecular formula is C21H27N3O5. The van der Waals surface area contributed by atoms with Crippen molar-refractivity contribution in [3.8, 4) is 5.75 Å². The number of benzene rings is 1. The molecule has 1 aromatic carbocycles. The molecule has 3 atom stereocenters. The van der Waals surface area contributed by atoms with Crippen molar-refractivity contribution >= 4 is 17.8 Å². The van der Waals surface area contributed by atoms with Gasteiger partial charge in [0.05, 0.1) is 19.3 Å². The molecule has 8 nitrogen and oxygen atoms in total. The number of hydrogen-bond donors (Lipinski definition) is 1. The number of carbonyl (C=O) groups is 3. The van der Waals surface area contributed by atoms with Crippen LogP contribution in [-0.4, -0.2) is 66.6 Å². The van der Waals surface area contributed by atoms with Crippen LogP contribution in [0.4, 0.5) is 4.79 Å². The first kappa shape index (κ1) is 19.7. The Labute approximate surface area is 170 Å². The molecule has 8 heteroatoms. The average Bonchev–Trinajstić information content (AvgIpc) is 2.91. The highest BCUT2D eigenvalue weighted by Crippen LogP contribution is 2.41. The Morgan fingerprint density at radius 2 is 2.00 bits per heavy atom. The number of nitrogens with one attached hydrogen (secondary N) is 1. The number of morpholine rings is 1. The molecule has 3 aliphatic rings. The van der Waals surface area contributed by atoms with Gasteiger partial charge in [0.2, 0.25) is 5.91 Å². The number of fused-ring (bicyclic) bond motifs is 2. The number of urea groups is 1. The second kappa shape index (κ2) is 7.33. The zero-order valence-corrected chi connectivity index (χ0v) is 17.1. The van der Waals surface area contributed by atoms with Gasteiger partial charge >= 0.3 is 6.03 Å². The van der Waals surface area contributed by atoms with E-state index in [0.29, 0.717) is 19.5 Å². The maximum atomic E-state index is 13.4. The minimum Gasteiger partial charge on any atom is -0.497 e. The molecule has 2 fully saturated rings. The molecule has 1 N–H and O–H groups in total. The largest absolute Gasteiger partial charge is 0.497 e. The van der Waals surface area contributed by atoms with Gasteiger partial charge in [0.1, 0.15) is 17.8 Å². The van der Waals surface area contributed by atoms with Gasteiger partial charge in [-0.2, -0.15) is 0 Å². The molecule has 2 heterocycles. The summed E-state index contributed by atoms with van der Waals surface area (Å²) in [6, 6.07) is 5.05. The number of hydrogen-bond acceptors (Lipinski definition) is 5. The Morgan fingerprint density at radius 3 is 2.69 bits per heavy atom. The van der Waals surface area contributed by atoms with Crippen LogP contribution in [0, 0.1) is 0 Å². The van der Waals surface area contributed by atoms with Crippen molar-refractivity contribution in [1.29, 1.82) is 0 Å². The van der Waals surface area contributed by atoms with Gasteiger partial charge in [-0.3, -0.25) is 14.5 Å². The summed E-state index contributed by atoms with van der Waals surface area (Å²) in [4.78, 5) is 41.6. The summed E-state index contributed by atoms with van der Waals surface area (Å²) < 4.78 is 11.0. The smallest absolute Gasteiger partial charge is 0.325 e. The number of amides is 4. The van der Waals surface area contributed by atoms with Crippen LogP contribution in [0.1, 0.15) is 37.8 Å². The summed E-state index contributed by atoms with van der Waals surface area (Å²) in [6.07, 6.45) is 1.97. The first-order valence-electron chi connectivity index (χ1n) is 10.1. The minimum absolute atomic E-state index is 0.0719. The third kappa shape index (κ3) is 3.35. The quantitative estimate of drug-likeness (QED) is 0.774. The second-order valence-corrected chi connectivity index (χ2v) is 8.16. The normalized spacial score (nSPS) is 29.1. The van der Waals surface area contributed by atoms with Gasteiger partial charge in [-0.25, -0.2) is 4.79 Å². The molecule has 2 saturated heterocycles. The zero-order chi connectivity index (χ0) is 20.8. The third-order valence-electron chi connectivity index (χ3n) is 6.01. The van der Waals surface area contributed by atoms with Gasteiger partial charge in [0, 0.05) is 13.1 Å². The Morgan fingerprint density at radius 1 is 1.28 bits per heavy atom. The Balaban J connectivity index is 1.56. The highest BCUT2D eigenvalue weighted by Gasteiger charge is 2.54. The van der Waals surface area contributed by atoms with E-state index in [9.17, 15) is 14.4 Å². The molecule has 0 aromatic heterocycles. The van der Waals surface area contributed by atoms with E-state index in [1.165, 1.54) is 0 Å². The fourth-order valence-electron chi connectivity index (χ4n) is 4.74. The fraction of sp³-hybridized carbons (Fsp3) is 0.571. The number of rotatable bonds is 3. The first-order valence-corrected chi connectivity index (χ1v) is 10.1. The zero-order valence-electron chi connectivity index (χ0n) is 17.1. The van der Waals surface area contributed by atoms with Crippen LogP contribution < -0.4 is 10.1 Å². The number of carbonyl (C=O) groups excluding carboxylic acids is 3. The summed E-state index contributed by atoms with van der Waals surface area (Å²) >= 11 is 0. The number of ether oxygens (including phenoxy) is 2. The van der Waals surface area contributed by atoms with E-state index < -0.39 is 11.6 Å². The monoisotopic (exact) mass is 401 g/mol. The summed E-state index contributed by atoms with van der Waals surface area (Å²) in [6.45, 7) is 4.48. The third-order valence-corrected chi connectivity index (χ3v) is 6.01. The van der Waals surface area contributed by atoms with E-state index in [0.717, 1.165) is 34.6 Å². The number of nitrogens with zero attached hydrogens (tertiary/aromatic N) is 2. The van der Waals surface area contributed by atoms with Crippen LogP contribution >= 0.6 is 0 Å². The molecule has 29 heavy (non-hydrogen) atoms. The summed E-state index contributed by atoms with van der Waals surface area (Å²) in [5.41, 5.74) is 0.697. The van der Waals surface area contributed by atoms with Crippen LogP contribution in [0.3, 0.4) is 0 Å². The van der Waals surface area contributed by atoms with E-state index >= 15 is 0 Å². The molecule has 0 unspecified atom stereocenters. The molecule has 1 aromatic rings. The summed E-state index contributed by atoms with van der Waals surface area (Å²) in [5.74, 6) is 0.134. The molecule has 0 saturated carbocycles. The molecule has 156 valence electrons. The average molecular weight is 401 g/mol. The standard InChI is InChI=1S/C21H27N3O5/c1-13-10-23(11-14(2)29-13)18(25)12-24-19(26)21(22-20(24)27)8-4-5-15-9-16(28-3)6-7-17(15)21/h6-7,9,13-14H,4-5,8,10-12H2,1-3H3,(H,22,27)/t13-,14-,21+/m0/s1. The van der Waals surface area contributed by atoms with Gasteiger partial charge in [-0.1, -0.05) is 6.07 Å². The highest BCUT2D eigenvalue weighted by atomic mass is 16.5. The number of imide groups is 1. The highest BCUT2D eigenvalue weighted by molar-refractivity contribution is 6.09. The van der Waals surface area contributed by atoms with Gasteiger partial charge in [-0.05, 0) is 56.4 Å². The van der Waals surface area contributed by atoms with E-state index in [1.54, 1.807) is 18.1 Å². The van der Waals surface area contributed by atoms with Crippen LogP contribution in [0.15, 0.2) is 18.2 Å². The molecule has 2 aliphatic heterocycles. The van der Waals surface area contributed by atoms with Crippen LogP contribution in [0.2, 0.25) is 0 Å². The topological polar surface area (TPSA) is 88.2 Å². The lowest BCUT2D eigenvalue weighted by molar-refractivity contribution is -0.147. The number of aryl methyl sites for hydroxylation is 1. The van der Waals surface area contributed by atoms with Gasteiger partial charge in [0.25, 0.3) is 5.91 Å². The summed E-state index contributed by atoms with van der Waals surface area (Å²) in [5, 5.41) is 2.89. The van der Waals surface area contributed by atoms with Crippen molar-refractivity contribution in [2.45, 2.75) is 50.9 Å². The molecule has 0 radical (unpaired) electrons. The molecule has 1 spiro atoms. The molecule has 1 aliphatic carbocycles. The van der Waals surface area contributed by atoms with Gasteiger partial charge in [-0.15, -0.1) is 0 Å². The molecular weight excluding hydrogens is 374 g/mol. The van der Waals surface area contributed by atoms with E-state index in [4.69, 9.17) is 9.47 Å². The lowest BCUT2D eigenvalue weighted by Crippen LogP contribution is -2.52. The van der Waals surface area contributed by atoms with Crippen LogP contribution in [-0.2, 0) is 26.3 Å². The van der Waals surface area contributed by atoms with Crippen LogP contribution in [0.5, 0.6) is 5.75 Å². The van der Waals surface area contributed by atoms with Crippen molar-refractivity contribution in [1.82, 2.24) is 15.1 Å². The first-order chi connectivity index (χ1) is 13.8. The van der Waals surface area contributed by atoms with Crippen molar-refractivity contribution in [2.75, 3.05) is 26.7 Å². The van der Waals surface area contributed by atoms with Gasteiger partial charge < -0.3 is 19.7 Å². The predicted octanol–water partition coefficient (Wildman–Crippen LogP) is 1.41. The van der Waals surface area contributed by atoms with E-state index in [1.807, 2.05) is 26.0 Å². The maximum Gasteiger partial charge on any atom is 0.325 e. The number of methoxy groups -OCH3 is 1. The Hall–Kier alpha value is -2.61. The lowest BCUT2D eigenvalue weighted by Gasteiger charge is -2.36. The minimum atomic E-state index is -1.09. The van der Waals surface area contributed by atoms with Crippen molar-refractivity contribution in [2.24, 2.45) is 0 Å². The van der Waals surface area contributed by atoms with Gasteiger partial charge in [0.15, 0.2) is 0 Å². The van der Waals surface area contributed by atoms with E-state index in [-0.39, 0.29) is 30.6 Å². The fourth-order valence-corrected chi connectivity index (χ4v) is 4.74. The lowest BCUT2D eigenvalue weighted by atomic mass is 9.76. The molecule has 4 amide bonds. The summed E-state index contributed by atoms with van der Waals surface area (Å²) in [7, 11) is 1.60. The SMILES string of the molecule is COc1ccc2c(c1)CCC[C@@]21NC(=O)N(CC(=O)N2C[C@H](C)O[C@@H](C)C2)C1=O. The molecule has 0 bridgehead atoms. The van der Waals surface area contributed by atoms with Crippen molar-refractivity contribution in [3.05, 3.63) is 29.3 Å². The predicted molar refractivity (Wildman–Crippen MR) is 104 cm³/mol. The van der Waals surface area contributed by atoms with E-state index in [2.05, 4.69) is 5.32 Å². The maximum absolute atomic E-state index is 13.4. The Kier molecular flexibility index (Phi) is 4.98.